The molecular formula is C22H31F3N4O2. The summed E-state index contributed by atoms with van der Waals surface area (Å²) in [7, 11) is 0. The molecule has 4 rings (SSSR count). The number of nitrogens with one attached hydrogen (secondary N) is 2. The van der Waals surface area contributed by atoms with Crippen molar-refractivity contribution in [2.45, 2.75) is 56.7 Å². The third-order valence-corrected chi connectivity index (χ3v) is 6.30. The number of benzene rings is 1. The Kier molecular flexibility index (Phi) is 7.03. The summed E-state index contributed by atoms with van der Waals surface area (Å²) < 4.78 is 50.4. The van der Waals surface area contributed by atoms with E-state index in [9.17, 15) is 13.2 Å². The second-order valence-corrected chi connectivity index (χ2v) is 8.36. The summed E-state index contributed by atoms with van der Waals surface area (Å²) in [6.07, 6.45) is -0.568. The number of nitrogens with zero attached hydrogens (tertiary/aromatic N) is 2. The van der Waals surface area contributed by atoms with E-state index in [2.05, 4.69) is 15.5 Å². The van der Waals surface area contributed by atoms with Crippen molar-refractivity contribution >= 4 is 5.96 Å². The minimum atomic E-state index is -4.34. The smallest absolute Gasteiger partial charge is 0.379 e. The molecule has 0 aromatic heterocycles. The highest BCUT2D eigenvalue weighted by atomic mass is 19.4. The first kappa shape index (κ1) is 22.4. The lowest BCUT2D eigenvalue weighted by Gasteiger charge is -2.34. The van der Waals surface area contributed by atoms with E-state index in [1.165, 1.54) is 0 Å². The zero-order valence-corrected chi connectivity index (χ0v) is 17.8. The van der Waals surface area contributed by atoms with Gasteiger partial charge in [0, 0.05) is 19.6 Å². The number of fused-ring (bicyclic) bond motifs is 2. The van der Waals surface area contributed by atoms with Crippen LogP contribution in [0.5, 0.6) is 0 Å². The highest BCUT2D eigenvalue weighted by Crippen LogP contribution is 2.34. The van der Waals surface area contributed by atoms with Crippen LogP contribution in [-0.2, 0) is 15.7 Å². The van der Waals surface area contributed by atoms with Gasteiger partial charge in [0.1, 0.15) is 0 Å². The zero-order valence-electron chi connectivity index (χ0n) is 17.8. The summed E-state index contributed by atoms with van der Waals surface area (Å²) in [5.74, 6) is 0.730. The van der Waals surface area contributed by atoms with E-state index in [0.717, 1.165) is 62.6 Å². The average molecular weight is 441 g/mol. The van der Waals surface area contributed by atoms with Crippen LogP contribution in [0.2, 0.25) is 0 Å². The quantitative estimate of drug-likeness (QED) is 0.526. The van der Waals surface area contributed by atoms with Gasteiger partial charge in [-0.05, 0) is 43.9 Å². The number of hydrogen-bond acceptors (Lipinski definition) is 4. The number of morpholine rings is 1. The first-order valence-corrected chi connectivity index (χ1v) is 11.1. The molecular weight excluding hydrogens is 409 g/mol. The van der Waals surface area contributed by atoms with Crippen LogP contribution >= 0.6 is 0 Å². The second-order valence-electron chi connectivity index (χ2n) is 8.36. The molecule has 3 aliphatic rings. The molecule has 2 bridgehead atoms. The lowest BCUT2D eigenvalue weighted by atomic mass is 9.96. The Balaban J connectivity index is 1.50. The van der Waals surface area contributed by atoms with E-state index in [4.69, 9.17) is 14.5 Å². The molecule has 9 heteroatoms. The summed E-state index contributed by atoms with van der Waals surface area (Å²) in [6.45, 7) is 5.88. The molecule has 172 valence electrons. The van der Waals surface area contributed by atoms with Crippen LogP contribution in [0.15, 0.2) is 29.3 Å². The fourth-order valence-corrected chi connectivity index (χ4v) is 4.68. The zero-order chi connectivity index (χ0) is 21.8. The molecule has 1 aromatic carbocycles. The maximum absolute atomic E-state index is 13.0. The van der Waals surface area contributed by atoms with Crippen molar-refractivity contribution in [3.63, 3.8) is 0 Å². The Morgan fingerprint density at radius 2 is 1.94 bits per heavy atom. The second kappa shape index (κ2) is 9.75. The SMILES string of the molecule is CCNC(=NCC(c1ccc(C(F)(F)F)cc1)N1CCOCC1)NC1CC2CCC1O2. The molecule has 0 spiro atoms. The summed E-state index contributed by atoms with van der Waals surface area (Å²) in [4.78, 5) is 7.05. The molecule has 2 N–H and O–H groups in total. The van der Waals surface area contributed by atoms with Gasteiger partial charge in [0.05, 0.1) is 49.6 Å². The predicted octanol–water partition coefficient (Wildman–Crippen LogP) is 2.95. The first-order valence-electron chi connectivity index (χ1n) is 11.1. The van der Waals surface area contributed by atoms with Gasteiger partial charge in [0.15, 0.2) is 5.96 Å². The molecule has 4 atom stereocenters. The van der Waals surface area contributed by atoms with E-state index in [0.29, 0.717) is 25.9 Å². The molecule has 0 radical (unpaired) electrons. The minimum Gasteiger partial charge on any atom is -0.379 e. The highest BCUT2D eigenvalue weighted by Gasteiger charge is 2.41. The van der Waals surface area contributed by atoms with Crippen LogP contribution in [0, 0.1) is 0 Å². The van der Waals surface area contributed by atoms with E-state index >= 15 is 0 Å². The van der Waals surface area contributed by atoms with Gasteiger partial charge >= 0.3 is 6.18 Å². The Labute approximate surface area is 181 Å². The molecule has 3 saturated heterocycles. The molecule has 6 nitrogen and oxygen atoms in total. The number of hydrogen-bond donors (Lipinski definition) is 2. The van der Waals surface area contributed by atoms with Gasteiger partial charge in [-0.1, -0.05) is 12.1 Å². The van der Waals surface area contributed by atoms with Gasteiger partial charge in [0.2, 0.25) is 0 Å². The van der Waals surface area contributed by atoms with Crippen LogP contribution in [0.4, 0.5) is 13.2 Å². The number of halogens is 3. The Morgan fingerprint density at radius 1 is 1.19 bits per heavy atom. The number of guanidine groups is 1. The molecule has 31 heavy (non-hydrogen) atoms. The maximum atomic E-state index is 13.0. The number of aliphatic imine (C=N–C) groups is 1. The lowest BCUT2D eigenvalue weighted by molar-refractivity contribution is -0.137. The fraction of sp³-hybridized carbons (Fsp3) is 0.682. The lowest BCUT2D eigenvalue weighted by Crippen LogP contribution is -2.48. The highest BCUT2D eigenvalue weighted by molar-refractivity contribution is 5.80. The van der Waals surface area contributed by atoms with E-state index in [-0.39, 0.29) is 18.2 Å². The van der Waals surface area contributed by atoms with E-state index < -0.39 is 11.7 Å². The average Bonchev–Trinajstić information content (AvgIpc) is 3.38. The fourth-order valence-electron chi connectivity index (χ4n) is 4.68. The summed E-state index contributed by atoms with van der Waals surface area (Å²) >= 11 is 0. The van der Waals surface area contributed by atoms with Gasteiger partial charge in [-0.25, -0.2) is 0 Å². The number of alkyl halides is 3. The predicted molar refractivity (Wildman–Crippen MR) is 112 cm³/mol. The Bertz CT molecular complexity index is 750. The summed E-state index contributed by atoms with van der Waals surface area (Å²) in [6, 6.07) is 5.60. The number of ether oxygens (including phenoxy) is 2. The van der Waals surface area contributed by atoms with Crippen LogP contribution in [0.3, 0.4) is 0 Å². The van der Waals surface area contributed by atoms with Gasteiger partial charge in [-0.3, -0.25) is 9.89 Å². The molecule has 4 unspecified atom stereocenters. The maximum Gasteiger partial charge on any atom is 0.416 e. The topological polar surface area (TPSA) is 58.1 Å². The number of rotatable bonds is 6. The monoisotopic (exact) mass is 440 g/mol. The van der Waals surface area contributed by atoms with Crippen LogP contribution in [0.25, 0.3) is 0 Å². The van der Waals surface area contributed by atoms with Crippen molar-refractivity contribution in [1.29, 1.82) is 0 Å². The van der Waals surface area contributed by atoms with Crippen molar-refractivity contribution < 1.29 is 22.6 Å². The standard InChI is InChI=1S/C22H31F3N4O2/c1-2-26-21(28-18-13-17-7-8-20(18)31-17)27-14-19(29-9-11-30-12-10-29)15-3-5-16(6-4-15)22(23,24)25/h3-6,17-20H,2,7-14H2,1H3,(H2,26,27,28). The van der Waals surface area contributed by atoms with Gasteiger partial charge < -0.3 is 20.1 Å². The van der Waals surface area contributed by atoms with Crippen LogP contribution < -0.4 is 10.6 Å². The molecule has 0 aliphatic carbocycles. The third-order valence-electron chi connectivity index (χ3n) is 6.30. The molecule has 3 heterocycles. The van der Waals surface area contributed by atoms with Gasteiger partial charge in [-0.15, -0.1) is 0 Å². The van der Waals surface area contributed by atoms with Crippen LogP contribution in [0.1, 0.15) is 43.4 Å². The van der Waals surface area contributed by atoms with E-state index in [1.54, 1.807) is 12.1 Å². The minimum absolute atomic E-state index is 0.113. The largest absolute Gasteiger partial charge is 0.416 e. The van der Waals surface area contributed by atoms with Crippen molar-refractivity contribution in [2.75, 3.05) is 39.4 Å². The normalized spacial score (nSPS) is 28.0. The molecule has 3 aliphatic heterocycles. The Morgan fingerprint density at radius 3 is 2.52 bits per heavy atom. The third kappa shape index (κ3) is 5.51. The van der Waals surface area contributed by atoms with Crippen LogP contribution in [-0.4, -0.2) is 68.5 Å². The molecule has 3 fully saturated rings. The molecule has 1 aromatic rings. The van der Waals surface area contributed by atoms with Gasteiger partial charge in [0.25, 0.3) is 0 Å². The molecule has 0 saturated carbocycles. The van der Waals surface area contributed by atoms with E-state index in [1.807, 2.05) is 6.92 Å². The summed E-state index contributed by atoms with van der Waals surface area (Å²) in [5, 5.41) is 6.81. The Hall–Kier alpha value is -1.84. The van der Waals surface area contributed by atoms with Crippen molar-refractivity contribution in [1.82, 2.24) is 15.5 Å². The van der Waals surface area contributed by atoms with Crippen molar-refractivity contribution in [3.8, 4) is 0 Å². The first-order chi connectivity index (χ1) is 14.9. The molecule has 0 amide bonds. The summed E-state index contributed by atoms with van der Waals surface area (Å²) in [5.41, 5.74) is 0.199. The van der Waals surface area contributed by atoms with Crippen molar-refractivity contribution in [2.24, 2.45) is 4.99 Å². The van der Waals surface area contributed by atoms with Gasteiger partial charge in [-0.2, -0.15) is 13.2 Å². The van der Waals surface area contributed by atoms with Crippen molar-refractivity contribution in [3.05, 3.63) is 35.4 Å².